The SMILES string of the molecule is NC1CCC(CC2CCC(NCc3ccc(Cl)cc3)CC2)CC1. The van der Waals surface area contributed by atoms with Crippen LogP contribution < -0.4 is 11.1 Å². The zero-order chi connectivity index (χ0) is 16.1. The predicted molar refractivity (Wildman–Crippen MR) is 98.6 cm³/mol. The summed E-state index contributed by atoms with van der Waals surface area (Å²) in [6, 6.07) is 9.38. The Kier molecular flexibility index (Phi) is 6.38. The van der Waals surface area contributed by atoms with Crippen molar-refractivity contribution in [2.75, 3.05) is 0 Å². The Morgan fingerprint density at radius 1 is 0.870 bits per heavy atom. The molecular formula is C20H31ClN2. The van der Waals surface area contributed by atoms with Gasteiger partial charge in [-0.1, -0.05) is 23.7 Å². The first kappa shape index (κ1) is 17.3. The van der Waals surface area contributed by atoms with E-state index >= 15 is 0 Å². The van der Waals surface area contributed by atoms with Gasteiger partial charge in [-0.25, -0.2) is 0 Å². The number of halogens is 1. The van der Waals surface area contributed by atoms with Gasteiger partial charge in [0.1, 0.15) is 0 Å². The van der Waals surface area contributed by atoms with Crippen LogP contribution in [-0.4, -0.2) is 12.1 Å². The summed E-state index contributed by atoms with van der Waals surface area (Å²) >= 11 is 5.94. The van der Waals surface area contributed by atoms with Crippen LogP contribution in [0.2, 0.25) is 5.02 Å². The lowest BCUT2D eigenvalue weighted by atomic mass is 9.76. The first-order valence-electron chi connectivity index (χ1n) is 9.42. The number of hydrogen-bond donors (Lipinski definition) is 2. The monoisotopic (exact) mass is 334 g/mol. The van der Waals surface area contributed by atoms with Gasteiger partial charge in [0.15, 0.2) is 0 Å². The second-order valence-corrected chi connectivity index (χ2v) is 8.18. The Balaban J connectivity index is 1.34. The summed E-state index contributed by atoms with van der Waals surface area (Å²) in [5.74, 6) is 1.92. The van der Waals surface area contributed by atoms with E-state index in [0.29, 0.717) is 12.1 Å². The second-order valence-electron chi connectivity index (χ2n) is 7.74. The summed E-state index contributed by atoms with van der Waals surface area (Å²) in [6.45, 7) is 0.965. The van der Waals surface area contributed by atoms with E-state index in [1.54, 1.807) is 0 Å². The number of nitrogens with two attached hydrogens (primary N) is 1. The zero-order valence-corrected chi connectivity index (χ0v) is 14.9. The Labute approximate surface area is 146 Å². The minimum absolute atomic E-state index is 0.485. The van der Waals surface area contributed by atoms with Gasteiger partial charge in [-0.2, -0.15) is 0 Å². The number of rotatable bonds is 5. The normalized spacial score (nSPS) is 31.9. The molecule has 3 rings (SSSR count). The summed E-state index contributed by atoms with van der Waals surface area (Å²) in [6.07, 6.45) is 12.2. The molecule has 0 bridgehead atoms. The van der Waals surface area contributed by atoms with Gasteiger partial charge in [0.25, 0.3) is 0 Å². The van der Waals surface area contributed by atoms with Crippen LogP contribution in [0, 0.1) is 11.8 Å². The van der Waals surface area contributed by atoms with Crippen LogP contribution in [0.3, 0.4) is 0 Å². The Bertz CT molecular complexity index is 457. The van der Waals surface area contributed by atoms with Crippen LogP contribution in [0.1, 0.15) is 63.4 Å². The summed E-state index contributed by atoms with van der Waals surface area (Å²) < 4.78 is 0. The van der Waals surface area contributed by atoms with E-state index in [1.165, 1.54) is 63.4 Å². The highest BCUT2D eigenvalue weighted by molar-refractivity contribution is 6.30. The van der Waals surface area contributed by atoms with Crippen molar-refractivity contribution in [3.05, 3.63) is 34.9 Å². The smallest absolute Gasteiger partial charge is 0.0406 e. The van der Waals surface area contributed by atoms with Crippen molar-refractivity contribution in [3.63, 3.8) is 0 Å². The van der Waals surface area contributed by atoms with Crippen molar-refractivity contribution < 1.29 is 0 Å². The Hall–Kier alpha value is -0.570. The van der Waals surface area contributed by atoms with Gasteiger partial charge in [-0.15, -0.1) is 0 Å². The molecule has 0 amide bonds. The molecular weight excluding hydrogens is 304 g/mol. The molecule has 0 spiro atoms. The van der Waals surface area contributed by atoms with Crippen LogP contribution in [0.25, 0.3) is 0 Å². The maximum Gasteiger partial charge on any atom is 0.0406 e. The molecule has 0 heterocycles. The molecule has 3 heteroatoms. The van der Waals surface area contributed by atoms with E-state index in [4.69, 9.17) is 17.3 Å². The molecule has 0 saturated heterocycles. The molecule has 2 aliphatic carbocycles. The Morgan fingerprint density at radius 3 is 2.04 bits per heavy atom. The molecule has 128 valence electrons. The van der Waals surface area contributed by atoms with E-state index in [-0.39, 0.29) is 0 Å². The van der Waals surface area contributed by atoms with E-state index in [9.17, 15) is 0 Å². The summed E-state index contributed by atoms with van der Waals surface area (Å²) in [4.78, 5) is 0. The summed E-state index contributed by atoms with van der Waals surface area (Å²) in [5.41, 5.74) is 7.35. The fourth-order valence-electron chi connectivity index (χ4n) is 4.36. The van der Waals surface area contributed by atoms with Gasteiger partial charge in [-0.05, 0) is 87.3 Å². The van der Waals surface area contributed by atoms with Gasteiger partial charge in [0.2, 0.25) is 0 Å². The molecule has 2 aliphatic rings. The third-order valence-electron chi connectivity index (χ3n) is 5.91. The maximum atomic E-state index is 6.02. The largest absolute Gasteiger partial charge is 0.328 e. The van der Waals surface area contributed by atoms with Crippen molar-refractivity contribution in [3.8, 4) is 0 Å². The topological polar surface area (TPSA) is 38.0 Å². The molecule has 1 aromatic rings. The average Bonchev–Trinajstić information content (AvgIpc) is 2.58. The summed E-state index contributed by atoms with van der Waals surface area (Å²) in [7, 11) is 0. The van der Waals surface area contributed by atoms with Crippen molar-refractivity contribution in [2.24, 2.45) is 17.6 Å². The van der Waals surface area contributed by atoms with Crippen molar-refractivity contribution >= 4 is 11.6 Å². The molecule has 2 fully saturated rings. The maximum absolute atomic E-state index is 6.02. The van der Waals surface area contributed by atoms with Gasteiger partial charge in [-0.3, -0.25) is 0 Å². The molecule has 23 heavy (non-hydrogen) atoms. The lowest BCUT2D eigenvalue weighted by Gasteiger charge is -2.33. The van der Waals surface area contributed by atoms with E-state index in [1.807, 2.05) is 12.1 Å². The third kappa shape index (κ3) is 5.48. The highest BCUT2D eigenvalue weighted by Gasteiger charge is 2.25. The van der Waals surface area contributed by atoms with E-state index < -0.39 is 0 Å². The number of nitrogens with one attached hydrogen (secondary N) is 1. The lowest BCUT2D eigenvalue weighted by Crippen LogP contribution is -2.33. The van der Waals surface area contributed by atoms with Crippen LogP contribution in [-0.2, 0) is 6.54 Å². The van der Waals surface area contributed by atoms with Gasteiger partial charge in [0, 0.05) is 23.7 Å². The molecule has 1 aromatic carbocycles. The first-order valence-corrected chi connectivity index (χ1v) is 9.80. The quantitative estimate of drug-likeness (QED) is 0.804. The summed E-state index contributed by atoms with van der Waals surface area (Å²) in [5, 5.41) is 4.55. The van der Waals surface area contributed by atoms with Gasteiger partial charge >= 0.3 is 0 Å². The molecule has 0 aromatic heterocycles. The van der Waals surface area contributed by atoms with Crippen LogP contribution in [0.15, 0.2) is 24.3 Å². The van der Waals surface area contributed by atoms with Crippen LogP contribution in [0.5, 0.6) is 0 Å². The molecule has 0 aliphatic heterocycles. The van der Waals surface area contributed by atoms with Gasteiger partial charge < -0.3 is 11.1 Å². The molecule has 3 N–H and O–H groups in total. The second kappa shape index (κ2) is 8.50. The highest BCUT2D eigenvalue weighted by Crippen LogP contribution is 2.35. The molecule has 2 nitrogen and oxygen atoms in total. The lowest BCUT2D eigenvalue weighted by molar-refractivity contribution is 0.214. The van der Waals surface area contributed by atoms with Crippen molar-refractivity contribution in [1.29, 1.82) is 0 Å². The number of benzene rings is 1. The third-order valence-corrected chi connectivity index (χ3v) is 6.16. The fourth-order valence-corrected chi connectivity index (χ4v) is 4.49. The number of hydrogen-bond acceptors (Lipinski definition) is 2. The van der Waals surface area contributed by atoms with Crippen LogP contribution in [0.4, 0.5) is 0 Å². The first-order chi connectivity index (χ1) is 11.2. The standard InChI is InChI=1S/C20H31ClN2/c21-18-7-1-17(2-8-18)14-23-20-11-5-16(6-12-20)13-15-3-9-19(22)10-4-15/h1-2,7-8,15-16,19-20,23H,3-6,9-14,22H2. The zero-order valence-electron chi connectivity index (χ0n) is 14.1. The average molecular weight is 335 g/mol. The highest BCUT2D eigenvalue weighted by atomic mass is 35.5. The molecule has 0 atom stereocenters. The van der Waals surface area contributed by atoms with E-state index in [0.717, 1.165) is 23.4 Å². The van der Waals surface area contributed by atoms with Gasteiger partial charge in [0.05, 0.1) is 0 Å². The van der Waals surface area contributed by atoms with Crippen molar-refractivity contribution in [2.45, 2.75) is 76.4 Å². The predicted octanol–water partition coefficient (Wildman–Crippen LogP) is 4.90. The molecule has 2 saturated carbocycles. The fraction of sp³-hybridized carbons (Fsp3) is 0.700. The van der Waals surface area contributed by atoms with Crippen molar-refractivity contribution in [1.82, 2.24) is 5.32 Å². The minimum Gasteiger partial charge on any atom is -0.328 e. The molecule has 0 unspecified atom stereocenters. The minimum atomic E-state index is 0.485. The van der Waals surface area contributed by atoms with Crippen LogP contribution >= 0.6 is 11.6 Å². The van der Waals surface area contributed by atoms with E-state index in [2.05, 4.69) is 17.4 Å². The Morgan fingerprint density at radius 2 is 1.43 bits per heavy atom. The molecule has 0 radical (unpaired) electrons.